The standard InChI is InChI=1S/C15H24N2O2S/c1-12(16-2)13-8-10-14(11-9-13)17-20(18,19)15-6-4-3-5-7-15/h8-12,15-17H,3-7H2,1-2H3. The van der Waals surface area contributed by atoms with Gasteiger partial charge in [0, 0.05) is 11.7 Å². The molecule has 1 fully saturated rings. The summed E-state index contributed by atoms with van der Waals surface area (Å²) < 4.78 is 27.3. The summed E-state index contributed by atoms with van der Waals surface area (Å²) in [6.45, 7) is 2.07. The Morgan fingerprint density at radius 1 is 1.10 bits per heavy atom. The normalized spacial score (nSPS) is 18.7. The molecule has 0 saturated heterocycles. The highest BCUT2D eigenvalue weighted by Crippen LogP contribution is 2.25. The summed E-state index contributed by atoms with van der Waals surface area (Å²) in [5.41, 5.74) is 1.80. The van der Waals surface area contributed by atoms with Gasteiger partial charge in [0.25, 0.3) is 0 Å². The fourth-order valence-corrected chi connectivity index (χ4v) is 4.21. The number of benzene rings is 1. The Bertz CT molecular complexity index is 519. The van der Waals surface area contributed by atoms with Gasteiger partial charge in [-0.05, 0) is 44.5 Å². The molecule has 2 rings (SSSR count). The largest absolute Gasteiger partial charge is 0.313 e. The monoisotopic (exact) mass is 296 g/mol. The summed E-state index contributed by atoms with van der Waals surface area (Å²) in [6, 6.07) is 7.85. The third-order valence-electron chi connectivity index (χ3n) is 4.09. The third-order valence-corrected chi connectivity index (χ3v) is 5.96. The highest BCUT2D eigenvalue weighted by Gasteiger charge is 2.27. The van der Waals surface area contributed by atoms with Gasteiger partial charge in [0.15, 0.2) is 0 Å². The predicted molar refractivity (Wildman–Crippen MR) is 83.3 cm³/mol. The van der Waals surface area contributed by atoms with E-state index in [9.17, 15) is 8.42 Å². The van der Waals surface area contributed by atoms with Gasteiger partial charge in [0.05, 0.1) is 5.25 Å². The second-order valence-corrected chi connectivity index (χ2v) is 7.50. The first kappa shape index (κ1) is 15.3. The quantitative estimate of drug-likeness (QED) is 0.878. The van der Waals surface area contributed by atoms with Gasteiger partial charge in [-0.3, -0.25) is 4.72 Å². The highest BCUT2D eigenvalue weighted by molar-refractivity contribution is 7.93. The van der Waals surface area contributed by atoms with Gasteiger partial charge in [-0.15, -0.1) is 0 Å². The lowest BCUT2D eigenvalue weighted by atomic mass is 10.0. The van der Waals surface area contributed by atoms with E-state index in [4.69, 9.17) is 0 Å². The van der Waals surface area contributed by atoms with Gasteiger partial charge in [0.1, 0.15) is 0 Å². The van der Waals surface area contributed by atoms with Crippen molar-refractivity contribution in [2.24, 2.45) is 0 Å². The smallest absolute Gasteiger partial charge is 0.235 e. The van der Waals surface area contributed by atoms with Crippen molar-refractivity contribution in [1.82, 2.24) is 5.32 Å². The minimum Gasteiger partial charge on any atom is -0.313 e. The summed E-state index contributed by atoms with van der Waals surface area (Å²) in [5.74, 6) is 0. The van der Waals surface area contributed by atoms with Crippen LogP contribution in [-0.2, 0) is 10.0 Å². The molecule has 1 aliphatic rings. The number of hydrogen-bond donors (Lipinski definition) is 2. The molecule has 1 aromatic carbocycles. The van der Waals surface area contributed by atoms with Gasteiger partial charge in [-0.25, -0.2) is 8.42 Å². The van der Waals surface area contributed by atoms with E-state index >= 15 is 0 Å². The van der Waals surface area contributed by atoms with Crippen molar-refractivity contribution >= 4 is 15.7 Å². The molecule has 0 aromatic heterocycles. The van der Waals surface area contributed by atoms with E-state index < -0.39 is 10.0 Å². The van der Waals surface area contributed by atoms with Gasteiger partial charge >= 0.3 is 0 Å². The van der Waals surface area contributed by atoms with Crippen molar-refractivity contribution < 1.29 is 8.42 Å². The molecule has 1 saturated carbocycles. The van der Waals surface area contributed by atoms with Gasteiger partial charge in [-0.1, -0.05) is 31.4 Å². The topological polar surface area (TPSA) is 58.2 Å². The molecule has 4 nitrogen and oxygen atoms in total. The van der Waals surface area contributed by atoms with E-state index in [1.54, 1.807) is 0 Å². The Morgan fingerprint density at radius 2 is 1.70 bits per heavy atom. The molecular formula is C15H24N2O2S. The number of nitrogens with one attached hydrogen (secondary N) is 2. The SMILES string of the molecule is CNC(C)c1ccc(NS(=O)(=O)C2CCCCC2)cc1. The summed E-state index contributed by atoms with van der Waals surface area (Å²) in [6.07, 6.45) is 4.76. The fourth-order valence-electron chi connectivity index (χ4n) is 2.63. The van der Waals surface area contributed by atoms with E-state index in [0.29, 0.717) is 5.69 Å². The minimum absolute atomic E-state index is 0.229. The zero-order chi connectivity index (χ0) is 14.6. The van der Waals surface area contributed by atoms with E-state index in [2.05, 4.69) is 17.0 Å². The van der Waals surface area contributed by atoms with Crippen LogP contribution in [0.15, 0.2) is 24.3 Å². The molecule has 0 aliphatic heterocycles. The van der Waals surface area contributed by atoms with Crippen LogP contribution in [0.5, 0.6) is 0 Å². The molecule has 5 heteroatoms. The molecule has 2 N–H and O–H groups in total. The van der Waals surface area contributed by atoms with Crippen LogP contribution in [0.2, 0.25) is 0 Å². The summed E-state index contributed by atoms with van der Waals surface area (Å²) in [4.78, 5) is 0. The molecule has 1 aromatic rings. The zero-order valence-corrected chi connectivity index (χ0v) is 13.0. The fraction of sp³-hybridized carbons (Fsp3) is 0.600. The van der Waals surface area contributed by atoms with Gasteiger partial charge < -0.3 is 5.32 Å². The van der Waals surface area contributed by atoms with Crippen LogP contribution in [0.1, 0.15) is 50.6 Å². The number of sulfonamides is 1. The van der Waals surface area contributed by atoms with Crippen LogP contribution in [0, 0.1) is 0 Å². The van der Waals surface area contributed by atoms with Crippen LogP contribution in [-0.4, -0.2) is 20.7 Å². The molecular weight excluding hydrogens is 272 g/mol. The zero-order valence-electron chi connectivity index (χ0n) is 12.2. The molecule has 1 atom stereocenters. The second kappa shape index (κ2) is 6.59. The molecule has 0 heterocycles. The predicted octanol–water partition coefficient (Wildman–Crippen LogP) is 3.04. The molecule has 1 aliphatic carbocycles. The van der Waals surface area contributed by atoms with E-state index in [1.165, 1.54) is 0 Å². The summed E-state index contributed by atoms with van der Waals surface area (Å²) in [5, 5.41) is 2.93. The lowest BCUT2D eigenvalue weighted by Gasteiger charge is -2.22. The number of rotatable bonds is 5. The average molecular weight is 296 g/mol. The van der Waals surface area contributed by atoms with Gasteiger partial charge in [-0.2, -0.15) is 0 Å². The first-order valence-electron chi connectivity index (χ1n) is 7.32. The first-order chi connectivity index (χ1) is 9.53. The van der Waals surface area contributed by atoms with E-state index in [1.807, 2.05) is 31.3 Å². The second-order valence-electron chi connectivity index (χ2n) is 5.54. The molecule has 0 radical (unpaired) electrons. The molecule has 0 bridgehead atoms. The molecule has 0 amide bonds. The minimum atomic E-state index is -3.24. The van der Waals surface area contributed by atoms with Crippen LogP contribution in [0.3, 0.4) is 0 Å². The Kier molecular flexibility index (Phi) is 5.05. The number of hydrogen-bond acceptors (Lipinski definition) is 3. The van der Waals surface area contributed by atoms with Crippen LogP contribution in [0.4, 0.5) is 5.69 Å². The molecule has 1 unspecified atom stereocenters. The first-order valence-corrected chi connectivity index (χ1v) is 8.86. The van der Waals surface area contributed by atoms with Crippen LogP contribution in [0.25, 0.3) is 0 Å². The molecule has 112 valence electrons. The van der Waals surface area contributed by atoms with Crippen LogP contribution < -0.4 is 10.0 Å². The molecule has 0 spiro atoms. The van der Waals surface area contributed by atoms with Crippen molar-refractivity contribution in [2.75, 3.05) is 11.8 Å². The molecule has 20 heavy (non-hydrogen) atoms. The average Bonchev–Trinajstić information content (AvgIpc) is 2.48. The lowest BCUT2D eigenvalue weighted by molar-refractivity contribution is 0.486. The maximum atomic E-state index is 12.3. The van der Waals surface area contributed by atoms with Crippen molar-refractivity contribution in [1.29, 1.82) is 0 Å². The number of anilines is 1. The Morgan fingerprint density at radius 3 is 2.25 bits per heavy atom. The Labute approximate surface area is 122 Å². The maximum absolute atomic E-state index is 12.3. The van der Waals surface area contributed by atoms with Crippen molar-refractivity contribution in [3.05, 3.63) is 29.8 Å². The van der Waals surface area contributed by atoms with Crippen molar-refractivity contribution in [2.45, 2.75) is 50.3 Å². The third kappa shape index (κ3) is 3.73. The Hall–Kier alpha value is -1.07. The maximum Gasteiger partial charge on any atom is 0.235 e. The highest BCUT2D eigenvalue weighted by atomic mass is 32.2. The van der Waals surface area contributed by atoms with E-state index in [0.717, 1.165) is 37.7 Å². The van der Waals surface area contributed by atoms with Crippen molar-refractivity contribution in [3.63, 3.8) is 0 Å². The summed E-state index contributed by atoms with van der Waals surface area (Å²) in [7, 11) is -1.33. The van der Waals surface area contributed by atoms with Crippen LogP contribution >= 0.6 is 0 Å². The Balaban J connectivity index is 2.05. The van der Waals surface area contributed by atoms with Gasteiger partial charge in [0.2, 0.25) is 10.0 Å². The van der Waals surface area contributed by atoms with Crippen molar-refractivity contribution in [3.8, 4) is 0 Å². The summed E-state index contributed by atoms with van der Waals surface area (Å²) >= 11 is 0. The lowest BCUT2D eigenvalue weighted by Crippen LogP contribution is -2.29. The van der Waals surface area contributed by atoms with E-state index in [-0.39, 0.29) is 11.3 Å².